The standard InChI is InChI=1S/C18H18ClN3O/c19-15-6-4-14(5-7-15)18-16(13-21-9-11-23-12-10-21)22-8-2-1-3-17(22)20-18/h1-8H,9-13H2/p+1. The number of imidazole rings is 1. The van der Waals surface area contributed by atoms with E-state index in [9.17, 15) is 0 Å². The Kier molecular flexibility index (Phi) is 4.04. The fourth-order valence-electron chi connectivity index (χ4n) is 3.13. The van der Waals surface area contributed by atoms with Gasteiger partial charge in [-0.05, 0) is 24.3 Å². The molecule has 1 N–H and O–H groups in total. The Morgan fingerprint density at radius 1 is 1.09 bits per heavy atom. The van der Waals surface area contributed by atoms with Crippen molar-refractivity contribution in [1.82, 2.24) is 9.38 Å². The summed E-state index contributed by atoms with van der Waals surface area (Å²) in [5.41, 5.74) is 4.40. The number of hydrogen-bond donors (Lipinski definition) is 1. The van der Waals surface area contributed by atoms with Crippen LogP contribution in [0.4, 0.5) is 0 Å². The molecule has 0 atom stereocenters. The summed E-state index contributed by atoms with van der Waals surface area (Å²) in [5.74, 6) is 0. The average Bonchev–Trinajstić information content (AvgIpc) is 2.95. The van der Waals surface area contributed by atoms with E-state index in [4.69, 9.17) is 21.3 Å². The molecule has 0 radical (unpaired) electrons. The molecule has 3 aromatic rings. The summed E-state index contributed by atoms with van der Waals surface area (Å²) in [7, 11) is 0. The first kappa shape index (κ1) is 14.7. The van der Waals surface area contributed by atoms with Crippen LogP contribution in [0.25, 0.3) is 16.9 Å². The van der Waals surface area contributed by atoms with E-state index in [0.717, 1.165) is 54.8 Å². The third kappa shape index (κ3) is 2.98. The van der Waals surface area contributed by atoms with E-state index < -0.39 is 0 Å². The third-order valence-electron chi connectivity index (χ3n) is 4.36. The van der Waals surface area contributed by atoms with Crippen LogP contribution in [-0.2, 0) is 11.3 Å². The first-order chi connectivity index (χ1) is 11.3. The van der Waals surface area contributed by atoms with Crippen LogP contribution in [-0.4, -0.2) is 35.7 Å². The van der Waals surface area contributed by atoms with Crippen LogP contribution in [0.15, 0.2) is 48.7 Å². The highest BCUT2D eigenvalue weighted by atomic mass is 35.5. The number of morpholine rings is 1. The molecule has 0 amide bonds. The van der Waals surface area contributed by atoms with Crippen molar-refractivity contribution in [2.75, 3.05) is 26.3 Å². The van der Waals surface area contributed by atoms with Gasteiger partial charge < -0.3 is 9.64 Å². The second-order valence-electron chi connectivity index (χ2n) is 5.88. The Morgan fingerprint density at radius 2 is 1.87 bits per heavy atom. The van der Waals surface area contributed by atoms with Gasteiger partial charge in [-0.1, -0.05) is 29.8 Å². The maximum Gasteiger partial charge on any atom is 0.137 e. The molecular formula is C18H19ClN3O+. The molecule has 118 valence electrons. The van der Waals surface area contributed by atoms with E-state index in [2.05, 4.69) is 22.7 Å². The van der Waals surface area contributed by atoms with Gasteiger partial charge in [0.05, 0.1) is 18.9 Å². The van der Waals surface area contributed by atoms with Gasteiger partial charge in [-0.15, -0.1) is 0 Å². The van der Waals surface area contributed by atoms with Crippen molar-refractivity contribution in [1.29, 1.82) is 0 Å². The van der Waals surface area contributed by atoms with Crippen LogP contribution in [0.1, 0.15) is 5.69 Å². The van der Waals surface area contributed by atoms with Gasteiger partial charge in [0.1, 0.15) is 31.0 Å². The number of hydrogen-bond acceptors (Lipinski definition) is 2. The van der Waals surface area contributed by atoms with Crippen LogP contribution in [0.2, 0.25) is 5.02 Å². The van der Waals surface area contributed by atoms with Gasteiger partial charge in [0.15, 0.2) is 0 Å². The summed E-state index contributed by atoms with van der Waals surface area (Å²) in [5, 5.41) is 0.748. The maximum atomic E-state index is 6.03. The number of nitrogens with one attached hydrogen (secondary N) is 1. The fourth-order valence-corrected chi connectivity index (χ4v) is 3.25. The van der Waals surface area contributed by atoms with E-state index in [1.807, 2.05) is 30.3 Å². The summed E-state index contributed by atoms with van der Waals surface area (Å²) in [4.78, 5) is 6.39. The number of fused-ring (bicyclic) bond motifs is 1. The first-order valence-electron chi connectivity index (χ1n) is 7.94. The molecule has 0 saturated carbocycles. The highest BCUT2D eigenvalue weighted by molar-refractivity contribution is 6.30. The topological polar surface area (TPSA) is 31.0 Å². The lowest BCUT2D eigenvalue weighted by molar-refractivity contribution is -0.921. The molecule has 1 aliphatic heterocycles. The van der Waals surface area contributed by atoms with Crippen molar-refractivity contribution in [3.05, 3.63) is 59.4 Å². The van der Waals surface area contributed by atoms with Crippen LogP contribution in [0.5, 0.6) is 0 Å². The molecule has 0 bridgehead atoms. The fraction of sp³-hybridized carbons (Fsp3) is 0.278. The number of benzene rings is 1. The first-order valence-corrected chi connectivity index (χ1v) is 8.32. The van der Waals surface area contributed by atoms with Crippen molar-refractivity contribution >= 4 is 17.2 Å². The number of quaternary nitrogens is 1. The van der Waals surface area contributed by atoms with Gasteiger partial charge in [-0.3, -0.25) is 4.40 Å². The number of rotatable bonds is 3. The second kappa shape index (κ2) is 6.32. The van der Waals surface area contributed by atoms with Crippen LogP contribution < -0.4 is 4.90 Å². The van der Waals surface area contributed by atoms with Crippen molar-refractivity contribution in [3.8, 4) is 11.3 Å². The molecule has 4 rings (SSSR count). The zero-order chi connectivity index (χ0) is 15.6. The molecule has 1 fully saturated rings. The van der Waals surface area contributed by atoms with E-state index in [1.165, 1.54) is 10.6 Å². The Morgan fingerprint density at radius 3 is 2.65 bits per heavy atom. The van der Waals surface area contributed by atoms with Gasteiger partial charge in [-0.25, -0.2) is 4.98 Å². The van der Waals surface area contributed by atoms with Crippen LogP contribution >= 0.6 is 11.6 Å². The third-order valence-corrected chi connectivity index (χ3v) is 4.62. The van der Waals surface area contributed by atoms with Gasteiger partial charge >= 0.3 is 0 Å². The number of ether oxygens (including phenoxy) is 1. The zero-order valence-corrected chi connectivity index (χ0v) is 13.6. The number of pyridine rings is 1. The largest absolute Gasteiger partial charge is 0.370 e. The summed E-state index contributed by atoms with van der Waals surface area (Å²) in [6, 6.07) is 14.1. The molecule has 2 aromatic heterocycles. The highest BCUT2D eigenvalue weighted by Gasteiger charge is 2.21. The lowest BCUT2D eigenvalue weighted by atomic mass is 10.1. The van der Waals surface area contributed by atoms with Gasteiger partial charge in [-0.2, -0.15) is 0 Å². The lowest BCUT2D eigenvalue weighted by Gasteiger charge is -2.23. The second-order valence-corrected chi connectivity index (χ2v) is 6.32. The molecule has 1 aromatic carbocycles. The normalized spacial score (nSPS) is 16.0. The smallest absolute Gasteiger partial charge is 0.137 e. The maximum absolute atomic E-state index is 6.03. The minimum absolute atomic E-state index is 0.748. The minimum Gasteiger partial charge on any atom is -0.370 e. The Bertz CT molecular complexity index is 807. The van der Waals surface area contributed by atoms with Crippen molar-refractivity contribution in [2.24, 2.45) is 0 Å². The Balaban J connectivity index is 1.79. The lowest BCUT2D eigenvalue weighted by Crippen LogP contribution is -3.12. The van der Waals surface area contributed by atoms with Crippen LogP contribution in [0, 0.1) is 0 Å². The van der Waals surface area contributed by atoms with Gasteiger partial charge in [0.2, 0.25) is 0 Å². The van der Waals surface area contributed by atoms with Crippen molar-refractivity contribution in [3.63, 3.8) is 0 Å². The predicted octanol–water partition coefficient (Wildman–Crippen LogP) is 2.07. The number of nitrogens with zero attached hydrogens (tertiary/aromatic N) is 2. The van der Waals surface area contributed by atoms with E-state index in [1.54, 1.807) is 0 Å². The Hall–Kier alpha value is -1.88. The van der Waals surface area contributed by atoms with E-state index in [-0.39, 0.29) is 0 Å². The predicted molar refractivity (Wildman–Crippen MR) is 90.9 cm³/mol. The highest BCUT2D eigenvalue weighted by Crippen LogP contribution is 2.25. The van der Waals surface area contributed by atoms with Gasteiger partial charge in [0, 0.05) is 16.8 Å². The molecule has 0 aliphatic carbocycles. The molecule has 1 aliphatic rings. The van der Waals surface area contributed by atoms with E-state index >= 15 is 0 Å². The summed E-state index contributed by atoms with van der Waals surface area (Å²) in [6.45, 7) is 4.71. The van der Waals surface area contributed by atoms with Crippen molar-refractivity contribution < 1.29 is 9.64 Å². The summed E-state index contributed by atoms with van der Waals surface area (Å²) in [6.07, 6.45) is 2.09. The monoisotopic (exact) mass is 328 g/mol. The molecule has 3 heterocycles. The molecule has 4 nitrogen and oxygen atoms in total. The van der Waals surface area contributed by atoms with Crippen LogP contribution in [0.3, 0.4) is 0 Å². The quantitative estimate of drug-likeness (QED) is 0.798. The number of halogens is 1. The average molecular weight is 329 g/mol. The molecule has 0 spiro atoms. The molecule has 1 saturated heterocycles. The van der Waals surface area contributed by atoms with Gasteiger partial charge in [0.25, 0.3) is 0 Å². The SMILES string of the molecule is Clc1ccc(-c2nc3ccccn3c2C[NH+]2CCOCC2)cc1. The molecule has 5 heteroatoms. The summed E-state index contributed by atoms with van der Waals surface area (Å²) < 4.78 is 7.68. The zero-order valence-electron chi connectivity index (χ0n) is 12.8. The number of aromatic nitrogens is 2. The molecule has 0 unspecified atom stereocenters. The van der Waals surface area contributed by atoms with E-state index in [0.29, 0.717) is 0 Å². The Labute approximate surface area is 140 Å². The summed E-state index contributed by atoms with van der Waals surface area (Å²) >= 11 is 6.03. The molecular weight excluding hydrogens is 310 g/mol. The van der Waals surface area contributed by atoms with Crippen molar-refractivity contribution in [2.45, 2.75) is 6.54 Å². The molecule has 23 heavy (non-hydrogen) atoms. The minimum atomic E-state index is 0.748.